The molecule has 0 aromatic heterocycles. The molecule has 0 bridgehead atoms. The monoisotopic (exact) mass is 229 g/mol. The lowest BCUT2D eigenvalue weighted by Gasteiger charge is -2.04. The van der Waals surface area contributed by atoms with Gasteiger partial charge in [0.25, 0.3) is 5.91 Å². The van der Waals surface area contributed by atoms with Crippen LogP contribution in [0.2, 0.25) is 0 Å². The van der Waals surface area contributed by atoms with Gasteiger partial charge in [0.2, 0.25) is 0 Å². The lowest BCUT2D eigenvalue weighted by molar-refractivity contribution is 0.0958. The van der Waals surface area contributed by atoms with E-state index in [1.54, 1.807) is 24.3 Å². The van der Waals surface area contributed by atoms with E-state index < -0.39 is 7.12 Å². The highest BCUT2D eigenvalue weighted by atomic mass is 16.5. The van der Waals surface area contributed by atoms with Gasteiger partial charge in [-0.1, -0.05) is 12.6 Å². The number of carbonyl (C=O) groups excluding carboxylic acids is 1. The Bertz CT molecular complexity index is 495. The zero-order chi connectivity index (χ0) is 12.3. The average molecular weight is 229 g/mol. The summed E-state index contributed by atoms with van der Waals surface area (Å²) in [6.45, 7) is 4.18. The highest BCUT2D eigenvalue weighted by molar-refractivity contribution is 6.61. The van der Waals surface area contributed by atoms with E-state index in [2.05, 4.69) is 17.6 Å². The fourth-order valence-electron chi connectivity index (χ4n) is 1.67. The van der Waals surface area contributed by atoms with Crippen LogP contribution in [0.4, 0.5) is 0 Å². The Hall–Kier alpha value is -1.81. The molecule has 2 rings (SSSR count). The maximum Gasteiger partial charge on any atom is 0.491 e. The minimum atomic E-state index is -0.925. The van der Waals surface area contributed by atoms with Crippen molar-refractivity contribution in [2.45, 2.75) is 6.61 Å². The standard InChI is InChI=1S/C12H12BNO3/c1-2-3-6-14-12(15)9-4-5-10-8-17-13(16)11(10)7-9/h3-5,7,16H,1,6,8H2,(H,14,15). The highest BCUT2D eigenvalue weighted by Gasteiger charge is 2.27. The van der Waals surface area contributed by atoms with Gasteiger partial charge >= 0.3 is 7.12 Å². The molecule has 1 aromatic carbocycles. The van der Waals surface area contributed by atoms with Crippen molar-refractivity contribution in [3.05, 3.63) is 47.7 Å². The molecular weight excluding hydrogens is 217 g/mol. The lowest BCUT2D eigenvalue weighted by Crippen LogP contribution is -2.30. The fourth-order valence-corrected chi connectivity index (χ4v) is 1.67. The summed E-state index contributed by atoms with van der Waals surface area (Å²) >= 11 is 0. The Kier molecular flexibility index (Phi) is 3.45. The number of hydrogen-bond donors (Lipinski definition) is 2. The van der Waals surface area contributed by atoms with Gasteiger partial charge in [0.05, 0.1) is 6.61 Å². The molecule has 0 atom stereocenters. The Morgan fingerprint density at radius 3 is 3.29 bits per heavy atom. The van der Waals surface area contributed by atoms with Crippen molar-refractivity contribution >= 4 is 18.5 Å². The molecule has 0 fully saturated rings. The van der Waals surface area contributed by atoms with E-state index in [-0.39, 0.29) is 5.91 Å². The predicted octanol–water partition coefficient (Wildman–Crippen LogP) is -0.0248. The molecule has 0 spiro atoms. The van der Waals surface area contributed by atoms with E-state index >= 15 is 0 Å². The third kappa shape index (κ3) is 2.48. The minimum Gasteiger partial charge on any atom is -0.423 e. The molecule has 1 aromatic rings. The Labute approximate surface area is 99.7 Å². The van der Waals surface area contributed by atoms with Crippen LogP contribution in [0.15, 0.2) is 36.6 Å². The van der Waals surface area contributed by atoms with Crippen molar-refractivity contribution in [1.29, 1.82) is 0 Å². The van der Waals surface area contributed by atoms with Crippen LogP contribution in [-0.4, -0.2) is 24.6 Å². The van der Waals surface area contributed by atoms with Gasteiger partial charge in [-0.05, 0) is 29.2 Å². The average Bonchev–Trinajstić information content (AvgIpc) is 2.71. The van der Waals surface area contributed by atoms with Gasteiger partial charge in [0.15, 0.2) is 0 Å². The van der Waals surface area contributed by atoms with Crippen LogP contribution in [0.25, 0.3) is 0 Å². The maximum absolute atomic E-state index is 11.7. The molecule has 1 heterocycles. The summed E-state index contributed by atoms with van der Waals surface area (Å²) in [5.74, 6) is -0.196. The zero-order valence-corrected chi connectivity index (χ0v) is 9.27. The summed E-state index contributed by atoms with van der Waals surface area (Å²) in [5.41, 5.74) is 4.66. The molecule has 0 saturated carbocycles. The third-order valence-electron chi connectivity index (χ3n) is 2.58. The van der Waals surface area contributed by atoms with Crippen molar-refractivity contribution in [3.63, 3.8) is 0 Å². The molecule has 0 aliphatic carbocycles. The number of carbonyl (C=O) groups is 1. The number of amides is 1. The lowest BCUT2D eigenvalue weighted by atomic mass is 9.79. The van der Waals surface area contributed by atoms with Gasteiger partial charge < -0.3 is 15.0 Å². The largest absolute Gasteiger partial charge is 0.491 e. The molecule has 1 amide bonds. The van der Waals surface area contributed by atoms with E-state index in [9.17, 15) is 9.82 Å². The van der Waals surface area contributed by atoms with Gasteiger partial charge in [-0.25, -0.2) is 0 Å². The predicted molar refractivity (Wildman–Crippen MR) is 64.9 cm³/mol. The number of hydrogen-bond acceptors (Lipinski definition) is 3. The second-order valence-corrected chi connectivity index (χ2v) is 3.70. The Morgan fingerprint density at radius 2 is 2.53 bits per heavy atom. The number of fused-ring (bicyclic) bond motifs is 1. The topological polar surface area (TPSA) is 58.6 Å². The quantitative estimate of drug-likeness (QED) is 0.565. The molecular formula is C12H12BNO3. The van der Waals surface area contributed by atoms with E-state index in [0.717, 1.165) is 5.56 Å². The molecule has 2 N–H and O–H groups in total. The summed E-state index contributed by atoms with van der Waals surface area (Å²) in [7, 11) is -0.925. The normalized spacial score (nSPS) is 12.9. The van der Waals surface area contributed by atoms with E-state index in [0.29, 0.717) is 24.2 Å². The highest BCUT2D eigenvalue weighted by Crippen LogP contribution is 2.11. The summed E-state index contributed by atoms with van der Waals surface area (Å²) < 4.78 is 5.06. The van der Waals surface area contributed by atoms with E-state index in [1.807, 2.05) is 0 Å². The first kappa shape index (κ1) is 11.7. The van der Waals surface area contributed by atoms with Crippen LogP contribution in [0.1, 0.15) is 15.9 Å². The molecule has 0 saturated heterocycles. The zero-order valence-electron chi connectivity index (χ0n) is 9.27. The second kappa shape index (κ2) is 5.02. The first-order chi connectivity index (χ1) is 8.22. The SMILES string of the molecule is C=C=CCNC(=O)c1ccc2c(c1)B(O)OC2. The third-order valence-corrected chi connectivity index (χ3v) is 2.58. The number of nitrogens with one attached hydrogen (secondary N) is 1. The van der Waals surface area contributed by atoms with E-state index in [4.69, 9.17) is 4.65 Å². The minimum absolute atomic E-state index is 0.196. The molecule has 4 nitrogen and oxygen atoms in total. The van der Waals surface area contributed by atoms with Gasteiger partial charge in [0, 0.05) is 12.1 Å². The summed E-state index contributed by atoms with van der Waals surface area (Å²) in [6, 6.07) is 5.16. The van der Waals surface area contributed by atoms with Gasteiger partial charge in [-0.15, -0.1) is 5.73 Å². The molecule has 1 aliphatic rings. The number of rotatable bonds is 3. The summed E-state index contributed by atoms with van der Waals surface area (Å²) in [4.78, 5) is 11.7. The van der Waals surface area contributed by atoms with Crippen LogP contribution in [0.3, 0.4) is 0 Å². The Morgan fingerprint density at radius 1 is 1.71 bits per heavy atom. The van der Waals surface area contributed by atoms with Crippen molar-refractivity contribution in [3.8, 4) is 0 Å². The molecule has 17 heavy (non-hydrogen) atoms. The molecule has 1 aliphatic heterocycles. The smallest absolute Gasteiger partial charge is 0.423 e. The molecule has 5 heteroatoms. The second-order valence-electron chi connectivity index (χ2n) is 3.70. The van der Waals surface area contributed by atoms with Crippen LogP contribution < -0.4 is 10.8 Å². The van der Waals surface area contributed by atoms with Crippen LogP contribution in [0.5, 0.6) is 0 Å². The van der Waals surface area contributed by atoms with Crippen molar-refractivity contribution in [1.82, 2.24) is 5.32 Å². The van der Waals surface area contributed by atoms with Crippen molar-refractivity contribution in [2.24, 2.45) is 0 Å². The van der Waals surface area contributed by atoms with Crippen LogP contribution in [0, 0.1) is 0 Å². The van der Waals surface area contributed by atoms with Crippen LogP contribution in [-0.2, 0) is 11.3 Å². The van der Waals surface area contributed by atoms with Crippen LogP contribution >= 0.6 is 0 Å². The van der Waals surface area contributed by atoms with Crippen molar-refractivity contribution < 1.29 is 14.5 Å². The summed E-state index contributed by atoms with van der Waals surface area (Å²) in [5, 5.41) is 12.2. The Balaban J connectivity index is 2.14. The fraction of sp³-hybridized carbons (Fsp3) is 0.167. The van der Waals surface area contributed by atoms with Gasteiger partial charge in [-0.3, -0.25) is 4.79 Å². The number of benzene rings is 1. The first-order valence-corrected chi connectivity index (χ1v) is 5.27. The van der Waals surface area contributed by atoms with Crippen molar-refractivity contribution in [2.75, 3.05) is 6.54 Å². The molecule has 0 unspecified atom stereocenters. The van der Waals surface area contributed by atoms with Gasteiger partial charge in [0.1, 0.15) is 0 Å². The molecule has 86 valence electrons. The maximum atomic E-state index is 11.7. The summed E-state index contributed by atoms with van der Waals surface area (Å²) in [6.07, 6.45) is 1.63. The van der Waals surface area contributed by atoms with Gasteiger partial charge in [-0.2, -0.15) is 0 Å². The molecule has 0 radical (unpaired) electrons. The first-order valence-electron chi connectivity index (χ1n) is 5.27. The van der Waals surface area contributed by atoms with E-state index in [1.165, 1.54) is 0 Å².